The van der Waals surface area contributed by atoms with Crippen LogP contribution in [-0.4, -0.2) is 15.9 Å². The number of carbonyl (C=O) groups is 1. The number of para-hydroxylation sites is 1. The molecule has 0 aliphatic carbocycles. The van der Waals surface area contributed by atoms with E-state index in [9.17, 15) is 4.79 Å². The lowest BCUT2D eigenvalue weighted by Crippen LogP contribution is -2.18. The molecule has 1 amide bonds. The Bertz CT molecular complexity index is 871. The number of benzene rings is 2. The van der Waals surface area contributed by atoms with Crippen molar-refractivity contribution < 1.29 is 9.53 Å². The molecule has 5 nitrogen and oxygen atoms in total. The fourth-order valence-corrected chi connectivity index (χ4v) is 2.60. The van der Waals surface area contributed by atoms with Crippen molar-refractivity contribution in [2.45, 2.75) is 12.8 Å². The number of nitrogens with zero attached hydrogens (tertiary/aromatic N) is 2. The highest BCUT2D eigenvalue weighted by atomic mass is 16.5. The maximum atomic E-state index is 11.4. The maximum absolute atomic E-state index is 11.4. The highest BCUT2D eigenvalue weighted by Crippen LogP contribution is 2.31. The smallest absolute Gasteiger partial charge is 0.230 e. The van der Waals surface area contributed by atoms with Crippen LogP contribution in [0.25, 0.3) is 10.9 Å². The van der Waals surface area contributed by atoms with Gasteiger partial charge < -0.3 is 10.1 Å². The third-order valence-electron chi connectivity index (χ3n) is 3.69. The molecule has 3 aromatic rings. The van der Waals surface area contributed by atoms with Crippen molar-refractivity contribution in [1.82, 2.24) is 9.97 Å². The lowest BCUT2D eigenvalue weighted by Gasteiger charge is -2.17. The molecule has 108 valence electrons. The van der Waals surface area contributed by atoms with Gasteiger partial charge in [-0.1, -0.05) is 12.1 Å². The Hall–Kier alpha value is -2.95. The Balaban J connectivity index is 1.70. The molecule has 0 spiro atoms. The molecule has 22 heavy (non-hydrogen) atoms. The van der Waals surface area contributed by atoms with Crippen LogP contribution in [0, 0.1) is 0 Å². The van der Waals surface area contributed by atoms with Crippen LogP contribution in [-0.2, 0) is 11.2 Å². The van der Waals surface area contributed by atoms with E-state index in [1.54, 1.807) is 0 Å². The molecule has 1 N–H and O–H groups in total. The minimum Gasteiger partial charge on any atom is -0.438 e. The Labute approximate surface area is 127 Å². The zero-order valence-electron chi connectivity index (χ0n) is 11.7. The summed E-state index contributed by atoms with van der Waals surface area (Å²) < 4.78 is 5.92. The number of rotatable bonds is 2. The van der Waals surface area contributed by atoms with Gasteiger partial charge in [-0.25, -0.2) is 9.97 Å². The molecule has 4 rings (SSSR count). The third kappa shape index (κ3) is 2.26. The molecular weight excluding hydrogens is 278 g/mol. The van der Waals surface area contributed by atoms with Gasteiger partial charge in [0.1, 0.15) is 12.1 Å². The van der Waals surface area contributed by atoms with Gasteiger partial charge in [0.05, 0.1) is 10.9 Å². The van der Waals surface area contributed by atoms with Crippen molar-refractivity contribution in [2.75, 3.05) is 5.32 Å². The van der Waals surface area contributed by atoms with Gasteiger partial charge in [0, 0.05) is 12.1 Å². The van der Waals surface area contributed by atoms with Crippen LogP contribution in [0.15, 0.2) is 48.8 Å². The predicted molar refractivity (Wildman–Crippen MR) is 83.0 cm³/mol. The molecular formula is C17H13N3O2. The summed E-state index contributed by atoms with van der Waals surface area (Å²) in [6.07, 6.45) is 2.73. The predicted octanol–water partition coefficient (Wildman–Crippen LogP) is 3.31. The van der Waals surface area contributed by atoms with E-state index in [2.05, 4.69) is 15.3 Å². The molecule has 2 heterocycles. The van der Waals surface area contributed by atoms with Crippen LogP contribution >= 0.6 is 0 Å². The summed E-state index contributed by atoms with van der Waals surface area (Å²) in [6, 6.07) is 13.4. The average Bonchev–Trinajstić information content (AvgIpc) is 2.55. The van der Waals surface area contributed by atoms with Crippen molar-refractivity contribution >= 4 is 22.5 Å². The van der Waals surface area contributed by atoms with Crippen molar-refractivity contribution in [3.63, 3.8) is 0 Å². The number of carbonyl (C=O) groups excluding carboxylic acids is 1. The molecule has 1 aliphatic heterocycles. The van der Waals surface area contributed by atoms with E-state index in [1.165, 1.54) is 6.33 Å². The van der Waals surface area contributed by atoms with Crippen LogP contribution in [0.3, 0.4) is 0 Å². The van der Waals surface area contributed by atoms with Gasteiger partial charge in [0.15, 0.2) is 0 Å². The maximum Gasteiger partial charge on any atom is 0.230 e. The third-order valence-corrected chi connectivity index (χ3v) is 3.69. The summed E-state index contributed by atoms with van der Waals surface area (Å²) in [6.45, 7) is 0. The van der Waals surface area contributed by atoms with E-state index in [-0.39, 0.29) is 5.91 Å². The summed E-state index contributed by atoms with van der Waals surface area (Å²) in [7, 11) is 0. The summed E-state index contributed by atoms with van der Waals surface area (Å²) in [5, 5.41) is 3.73. The first-order valence-electron chi connectivity index (χ1n) is 7.10. The summed E-state index contributed by atoms with van der Waals surface area (Å²) in [5.41, 5.74) is 2.78. The zero-order chi connectivity index (χ0) is 14.9. The first-order valence-corrected chi connectivity index (χ1v) is 7.10. The lowest BCUT2D eigenvalue weighted by molar-refractivity contribution is -0.116. The highest BCUT2D eigenvalue weighted by Gasteiger charge is 2.15. The topological polar surface area (TPSA) is 64.1 Å². The molecule has 5 heteroatoms. The Morgan fingerprint density at radius 3 is 2.91 bits per heavy atom. The van der Waals surface area contributed by atoms with Gasteiger partial charge in [0.2, 0.25) is 11.8 Å². The Kier molecular flexibility index (Phi) is 2.96. The largest absolute Gasteiger partial charge is 0.438 e. The van der Waals surface area contributed by atoms with Crippen molar-refractivity contribution in [1.29, 1.82) is 0 Å². The number of fused-ring (bicyclic) bond motifs is 2. The molecule has 0 saturated carbocycles. The highest BCUT2D eigenvalue weighted by molar-refractivity contribution is 5.94. The van der Waals surface area contributed by atoms with Gasteiger partial charge in [-0.05, 0) is 42.3 Å². The number of hydrogen-bond donors (Lipinski definition) is 1. The van der Waals surface area contributed by atoms with Gasteiger partial charge in [-0.2, -0.15) is 0 Å². The first kappa shape index (κ1) is 12.8. The van der Waals surface area contributed by atoms with E-state index < -0.39 is 0 Å². The Morgan fingerprint density at radius 1 is 1.05 bits per heavy atom. The van der Waals surface area contributed by atoms with Crippen LogP contribution < -0.4 is 10.1 Å². The molecule has 1 aromatic heterocycles. The molecule has 2 aromatic carbocycles. The average molecular weight is 291 g/mol. The molecule has 0 unspecified atom stereocenters. The van der Waals surface area contributed by atoms with Gasteiger partial charge in [0.25, 0.3) is 0 Å². The number of amides is 1. The van der Waals surface area contributed by atoms with Gasteiger partial charge >= 0.3 is 0 Å². The molecule has 0 radical (unpaired) electrons. The fourth-order valence-electron chi connectivity index (χ4n) is 2.60. The number of ether oxygens (including phenoxy) is 1. The second-order valence-corrected chi connectivity index (χ2v) is 5.17. The van der Waals surface area contributed by atoms with E-state index in [0.29, 0.717) is 18.1 Å². The van der Waals surface area contributed by atoms with E-state index in [1.807, 2.05) is 42.5 Å². The number of anilines is 1. The second-order valence-electron chi connectivity index (χ2n) is 5.17. The van der Waals surface area contributed by atoms with Crippen LogP contribution in [0.4, 0.5) is 5.69 Å². The molecule has 0 atom stereocenters. The van der Waals surface area contributed by atoms with E-state index in [4.69, 9.17) is 4.74 Å². The van der Waals surface area contributed by atoms with Crippen LogP contribution in [0.1, 0.15) is 12.0 Å². The standard InChI is InChI=1S/C17H13N3O2/c21-16-8-5-11-9-12(6-7-14(11)20-16)22-17-13-3-1-2-4-15(13)18-10-19-17/h1-4,6-7,9-10H,5,8H2,(H,20,21). The monoisotopic (exact) mass is 291 g/mol. The quantitative estimate of drug-likeness (QED) is 0.786. The number of hydrogen-bond acceptors (Lipinski definition) is 4. The minimum absolute atomic E-state index is 0.0583. The lowest BCUT2D eigenvalue weighted by atomic mass is 10.0. The zero-order valence-corrected chi connectivity index (χ0v) is 11.7. The molecule has 0 bridgehead atoms. The van der Waals surface area contributed by atoms with E-state index in [0.717, 1.165) is 28.6 Å². The van der Waals surface area contributed by atoms with Crippen molar-refractivity contribution in [3.05, 3.63) is 54.4 Å². The van der Waals surface area contributed by atoms with Crippen molar-refractivity contribution in [2.24, 2.45) is 0 Å². The number of nitrogens with one attached hydrogen (secondary N) is 1. The summed E-state index contributed by atoms with van der Waals surface area (Å²) in [5.74, 6) is 1.30. The van der Waals surface area contributed by atoms with Crippen LogP contribution in [0.5, 0.6) is 11.6 Å². The SMILES string of the molecule is O=C1CCc2cc(Oc3ncnc4ccccc34)ccc2N1. The Morgan fingerprint density at radius 2 is 1.95 bits per heavy atom. The normalized spacial score (nSPS) is 13.5. The summed E-state index contributed by atoms with van der Waals surface area (Å²) in [4.78, 5) is 19.8. The minimum atomic E-state index is 0.0583. The molecule has 0 saturated heterocycles. The summed E-state index contributed by atoms with van der Waals surface area (Å²) >= 11 is 0. The van der Waals surface area contributed by atoms with Gasteiger partial charge in [-0.3, -0.25) is 4.79 Å². The number of aromatic nitrogens is 2. The second kappa shape index (κ2) is 5.11. The number of aryl methyl sites for hydroxylation is 1. The van der Waals surface area contributed by atoms with Gasteiger partial charge in [-0.15, -0.1) is 0 Å². The molecule has 0 fully saturated rings. The van der Waals surface area contributed by atoms with Crippen LogP contribution in [0.2, 0.25) is 0 Å². The van der Waals surface area contributed by atoms with Crippen molar-refractivity contribution in [3.8, 4) is 11.6 Å². The molecule has 1 aliphatic rings. The fraction of sp³-hybridized carbons (Fsp3) is 0.118. The van der Waals surface area contributed by atoms with E-state index >= 15 is 0 Å². The first-order chi connectivity index (χ1) is 10.8.